The van der Waals surface area contributed by atoms with Gasteiger partial charge in [-0.25, -0.2) is 4.79 Å². The number of carbonyl (C=O) groups excluding carboxylic acids is 2. The van der Waals surface area contributed by atoms with Crippen LogP contribution >= 0.6 is 0 Å². The fourth-order valence-corrected chi connectivity index (χ4v) is 2.63. The summed E-state index contributed by atoms with van der Waals surface area (Å²) in [5, 5.41) is 22.8. The van der Waals surface area contributed by atoms with Gasteiger partial charge in [0, 0.05) is 19.4 Å². The van der Waals surface area contributed by atoms with Gasteiger partial charge in [0.15, 0.2) is 0 Å². The molecule has 9 nitrogen and oxygen atoms in total. The molecule has 0 fully saturated rings. The van der Waals surface area contributed by atoms with E-state index in [9.17, 15) is 19.2 Å². The fourth-order valence-electron chi connectivity index (χ4n) is 2.63. The Morgan fingerprint density at radius 1 is 0.893 bits per heavy atom. The summed E-state index contributed by atoms with van der Waals surface area (Å²) in [7, 11) is 0. The number of nitrogens with one attached hydrogen (secondary N) is 2. The molecule has 0 aromatic carbocycles. The van der Waals surface area contributed by atoms with Crippen LogP contribution in [-0.4, -0.2) is 52.6 Å². The van der Waals surface area contributed by atoms with Crippen LogP contribution in [0.15, 0.2) is 0 Å². The summed E-state index contributed by atoms with van der Waals surface area (Å²) in [6.07, 6.45) is 7.08. The molecule has 0 radical (unpaired) electrons. The Balaban J connectivity index is 3.90. The highest BCUT2D eigenvalue weighted by Crippen LogP contribution is 2.05. The molecule has 2 atom stereocenters. The molecule has 2 amide bonds. The molecule has 0 saturated heterocycles. The maximum Gasteiger partial charge on any atom is 0.326 e. The van der Waals surface area contributed by atoms with Gasteiger partial charge in [0.1, 0.15) is 6.04 Å². The van der Waals surface area contributed by atoms with Crippen LogP contribution in [0.2, 0.25) is 0 Å². The number of aliphatic carboxylic acids is 2. The molecule has 0 aromatic rings. The van der Waals surface area contributed by atoms with Gasteiger partial charge in [-0.2, -0.15) is 0 Å². The van der Waals surface area contributed by atoms with Crippen LogP contribution < -0.4 is 16.4 Å². The average molecular weight is 402 g/mol. The molecule has 0 aromatic heterocycles. The number of nitrogens with two attached hydrogens (primary N) is 1. The highest BCUT2D eigenvalue weighted by molar-refractivity contribution is 5.87. The van der Waals surface area contributed by atoms with E-state index in [0.717, 1.165) is 19.3 Å². The maximum absolute atomic E-state index is 12.0. The van der Waals surface area contributed by atoms with Crippen LogP contribution in [0.25, 0.3) is 0 Å². The standard InChI is InChI=1S/C19H35N3O6/c1-2-3-4-5-6-10-16(23)21-13-8-7-9-14(20)18(26)22-15(19(27)28)11-12-17(24)25/h14-15H,2-13,20H2,1H3,(H,21,23)(H,22,26)(H,24,25)(H,27,28)/t14-,15-/m0/s1. The van der Waals surface area contributed by atoms with E-state index in [1.807, 2.05) is 0 Å². The smallest absolute Gasteiger partial charge is 0.326 e. The van der Waals surface area contributed by atoms with Crippen LogP contribution in [-0.2, 0) is 19.2 Å². The molecule has 0 spiro atoms. The SMILES string of the molecule is CCCCCCCC(=O)NCCCC[C@H](N)C(=O)N[C@@H](CCC(=O)O)C(=O)O. The number of carboxylic acid groups (broad SMARTS) is 2. The van der Waals surface area contributed by atoms with E-state index < -0.39 is 29.9 Å². The number of hydrogen-bond acceptors (Lipinski definition) is 5. The van der Waals surface area contributed by atoms with Crippen molar-refractivity contribution >= 4 is 23.8 Å². The largest absolute Gasteiger partial charge is 0.481 e. The summed E-state index contributed by atoms with van der Waals surface area (Å²) in [4.78, 5) is 45.2. The lowest BCUT2D eigenvalue weighted by Gasteiger charge is -2.17. The Morgan fingerprint density at radius 3 is 2.18 bits per heavy atom. The van der Waals surface area contributed by atoms with Gasteiger partial charge >= 0.3 is 11.9 Å². The van der Waals surface area contributed by atoms with Gasteiger partial charge in [0.05, 0.1) is 6.04 Å². The Kier molecular flexibility index (Phi) is 14.6. The minimum atomic E-state index is -1.29. The monoisotopic (exact) mass is 401 g/mol. The lowest BCUT2D eigenvalue weighted by molar-refractivity contribution is -0.143. The van der Waals surface area contributed by atoms with Crippen LogP contribution in [0, 0.1) is 0 Å². The van der Waals surface area contributed by atoms with Crippen LogP contribution in [0.1, 0.15) is 77.6 Å². The first kappa shape index (κ1) is 25.8. The zero-order chi connectivity index (χ0) is 21.4. The van der Waals surface area contributed by atoms with Gasteiger partial charge in [-0.3, -0.25) is 14.4 Å². The Hall–Kier alpha value is -2.16. The molecular formula is C19H35N3O6. The minimum Gasteiger partial charge on any atom is -0.481 e. The van der Waals surface area contributed by atoms with Crippen molar-refractivity contribution in [1.82, 2.24) is 10.6 Å². The quantitative estimate of drug-likeness (QED) is 0.230. The van der Waals surface area contributed by atoms with Crippen molar-refractivity contribution in [2.45, 2.75) is 89.6 Å². The first-order valence-electron chi connectivity index (χ1n) is 10.0. The molecular weight excluding hydrogens is 366 g/mol. The Bertz CT molecular complexity index is 498. The Morgan fingerprint density at radius 2 is 1.57 bits per heavy atom. The third kappa shape index (κ3) is 14.0. The molecule has 9 heteroatoms. The summed E-state index contributed by atoms with van der Waals surface area (Å²) in [5.41, 5.74) is 5.76. The van der Waals surface area contributed by atoms with Crippen LogP contribution in [0.5, 0.6) is 0 Å². The first-order valence-corrected chi connectivity index (χ1v) is 10.0. The summed E-state index contributed by atoms with van der Waals surface area (Å²) in [6, 6.07) is -2.15. The number of hydrogen-bond donors (Lipinski definition) is 5. The van der Waals surface area contributed by atoms with Gasteiger partial charge < -0.3 is 26.6 Å². The normalized spacial score (nSPS) is 12.8. The number of unbranched alkanes of at least 4 members (excludes halogenated alkanes) is 5. The summed E-state index contributed by atoms with van der Waals surface area (Å²) < 4.78 is 0. The van der Waals surface area contributed by atoms with Crippen LogP contribution in [0.3, 0.4) is 0 Å². The van der Waals surface area contributed by atoms with E-state index in [2.05, 4.69) is 17.6 Å². The number of carboxylic acids is 2. The van der Waals surface area contributed by atoms with Gasteiger partial charge in [-0.15, -0.1) is 0 Å². The molecule has 0 rings (SSSR count). The highest BCUT2D eigenvalue weighted by Gasteiger charge is 2.23. The molecule has 0 unspecified atom stereocenters. The molecule has 0 bridgehead atoms. The van der Waals surface area contributed by atoms with Gasteiger partial charge in [0.25, 0.3) is 0 Å². The van der Waals surface area contributed by atoms with Crippen molar-refractivity contribution in [3.63, 3.8) is 0 Å². The third-order valence-electron chi connectivity index (χ3n) is 4.37. The second kappa shape index (κ2) is 15.9. The lowest BCUT2D eigenvalue weighted by atomic mass is 10.1. The highest BCUT2D eigenvalue weighted by atomic mass is 16.4. The summed E-state index contributed by atoms with van der Waals surface area (Å²) >= 11 is 0. The molecule has 0 aliphatic rings. The molecule has 0 saturated carbocycles. The van der Waals surface area contributed by atoms with Crippen molar-refractivity contribution in [3.8, 4) is 0 Å². The maximum atomic E-state index is 12.0. The Labute approximate surface area is 166 Å². The van der Waals surface area contributed by atoms with Gasteiger partial charge in [0.2, 0.25) is 11.8 Å². The topological polar surface area (TPSA) is 159 Å². The summed E-state index contributed by atoms with van der Waals surface area (Å²) in [5.74, 6) is -3.01. The molecule has 6 N–H and O–H groups in total. The van der Waals surface area contributed by atoms with E-state index in [1.165, 1.54) is 12.8 Å². The van der Waals surface area contributed by atoms with E-state index in [4.69, 9.17) is 15.9 Å². The van der Waals surface area contributed by atoms with Crippen LogP contribution in [0.4, 0.5) is 0 Å². The zero-order valence-corrected chi connectivity index (χ0v) is 16.7. The van der Waals surface area contributed by atoms with E-state index >= 15 is 0 Å². The van der Waals surface area contributed by atoms with Crippen molar-refractivity contribution in [3.05, 3.63) is 0 Å². The van der Waals surface area contributed by atoms with E-state index in [-0.39, 0.29) is 18.7 Å². The van der Waals surface area contributed by atoms with Crippen molar-refractivity contribution in [1.29, 1.82) is 0 Å². The van der Waals surface area contributed by atoms with Crippen molar-refractivity contribution in [2.75, 3.05) is 6.54 Å². The van der Waals surface area contributed by atoms with E-state index in [0.29, 0.717) is 32.2 Å². The number of amides is 2. The second-order valence-electron chi connectivity index (χ2n) is 6.95. The minimum absolute atomic E-state index is 0.0290. The predicted molar refractivity (Wildman–Crippen MR) is 105 cm³/mol. The van der Waals surface area contributed by atoms with Gasteiger partial charge in [-0.1, -0.05) is 32.6 Å². The number of rotatable bonds is 17. The van der Waals surface area contributed by atoms with Gasteiger partial charge in [-0.05, 0) is 32.1 Å². The first-order chi connectivity index (χ1) is 13.3. The third-order valence-corrected chi connectivity index (χ3v) is 4.37. The lowest BCUT2D eigenvalue weighted by Crippen LogP contribution is -2.48. The average Bonchev–Trinajstić information content (AvgIpc) is 2.63. The second-order valence-corrected chi connectivity index (χ2v) is 6.95. The predicted octanol–water partition coefficient (Wildman–Crippen LogP) is 1.39. The number of carbonyl (C=O) groups is 4. The van der Waals surface area contributed by atoms with E-state index in [1.54, 1.807) is 0 Å². The zero-order valence-electron chi connectivity index (χ0n) is 16.7. The molecule has 162 valence electrons. The van der Waals surface area contributed by atoms with Crippen molar-refractivity contribution < 1.29 is 29.4 Å². The molecule has 28 heavy (non-hydrogen) atoms. The summed E-state index contributed by atoms with van der Waals surface area (Å²) in [6.45, 7) is 2.66. The molecule has 0 aliphatic heterocycles. The van der Waals surface area contributed by atoms with Crippen molar-refractivity contribution in [2.24, 2.45) is 5.73 Å². The fraction of sp³-hybridized carbons (Fsp3) is 0.789. The molecule has 0 heterocycles. The molecule has 0 aliphatic carbocycles.